The molecule has 1 unspecified atom stereocenters. The molecule has 0 saturated heterocycles. The van der Waals surface area contributed by atoms with Gasteiger partial charge >= 0.3 is 7.82 Å². The van der Waals surface area contributed by atoms with Crippen LogP contribution in [0.1, 0.15) is 33.6 Å². The quantitative estimate of drug-likeness (QED) is 0.133. The summed E-state index contributed by atoms with van der Waals surface area (Å²) in [6.07, 6.45) is -1.12. The lowest BCUT2D eigenvalue weighted by atomic mass is 9.87. The summed E-state index contributed by atoms with van der Waals surface area (Å²) in [6.45, 7) is 4.48. The molecule has 0 spiro atoms. The molecule has 152 valence electrons. The van der Waals surface area contributed by atoms with Gasteiger partial charge in [-0.3, -0.25) is 18.6 Å². The Balaban J connectivity index is 4.25. The minimum Gasteiger partial charge on any atom is -0.411 e. The van der Waals surface area contributed by atoms with Crippen LogP contribution >= 0.6 is 7.82 Å². The van der Waals surface area contributed by atoms with Gasteiger partial charge in [-0.2, -0.15) is 0 Å². The molecule has 0 heterocycles. The van der Waals surface area contributed by atoms with Gasteiger partial charge in [0, 0.05) is 38.5 Å². The van der Waals surface area contributed by atoms with Gasteiger partial charge in [0.15, 0.2) is 0 Å². The minimum absolute atomic E-state index is 0.000219. The zero-order chi connectivity index (χ0) is 20.4. The number of oxime groups is 1. The van der Waals surface area contributed by atoms with Crippen molar-refractivity contribution in [1.29, 1.82) is 0 Å². The third-order valence-electron chi connectivity index (χ3n) is 3.45. The highest BCUT2D eigenvalue weighted by Gasteiger charge is 2.36. The summed E-state index contributed by atoms with van der Waals surface area (Å²) in [5.41, 5.74) is -0.684. The summed E-state index contributed by atoms with van der Waals surface area (Å²) in [4.78, 5) is 32.7. The summed E-state index contributed by atoms with van der Waals surface area (Å²) < 4.78 is 20.2. The first-order valence-corrected chi connectivity index (χ1v) is 9.38. The summed E-state index contributed by atoms with van der Waals surface area (Å²) in [7, 11) is -3.21. The van der Waals surface area contributed by atoms with Gasteiger partial charge in [-0.15, -0.1) is 0 Å². The first-order valence-electron chi connectivity index (χ1n) is 7.88. The second-order valence-electron chi connectivity index (χ2n) is 6.29. The van der Waals surface area contributed by atoms with Crippen molar-refractivity contribution >= 4 is 25.3 Å². The Morgan fingerprint density at radius 1 is 1.23 bits per heavy atom. The Bertz CT molecular complexity index is 552. The van der Waals surface area contributed by atoms with Crippen LogP contribution in [0.15, 0.2) is 5.16 Å². The molecule has 0 fully saturated rings. The maximum atomic E-state index is 12.0. The molecule has 12 heteroatoms. The van der Waals surface area contributed by atoms with E-state index in [1.54, 1.807) is 6.92 Å². The lowest BCUT2D eigenvalue weighted by molar-refractivity contribution is -0.137. The number of carbonyl (C=O) groups is 2. The standard InChI is InChI=1S/C14H28N3O8P/c1-10(17-21)5-7-15-11(18)6-8-16-13(20)12(19)14(2,3)9-25-26(22,23)24-4/h12,19,21H,5-9H2,1-4H3,(H,15,18)(H,16,20)(H,22,23)/b17-10+/t12-/m0/s1. The van der Waals surface area contributed by atoms with Crippen LogP contribution in [0.2, 0.25) is 0 Å². The van der Waals surface area contributed by atoms with E-state index in [0.717, 1.165) is 7.11 Å². The van der Waals surface area contributed by atoms with Crippen LogP contribution < -0.4 is 10.6 Å². The Morgan fingerprint density at radius 2 is 1.81 bits per heavy atom. The Labute approximate surface area is 152 Å². The van der Waals surface area contributed by atoms with E-state index in [1.165, 1.54) is 13.8 Å². The second-order valence-corrected chi connectivity index (χ2v) is 7.85. The number of aliphatic hydroxyl groups is 1. The number of phosphoric acid groups is 1. The fraction of sp³-hybridized carbons (Fsp3) is 0.786. The number of rotatable bonds is 12. The third kappa shape index (κ3) is 9.83. The Kier molecular flexibility index (Phi) is 10.6. The topological polar surface area (TPSA) is 167 Å². The number of hydrogen-bond acceptors (Lipinski definition) is 8. The smallest absolute Gasteiger partial charge is 0.411 e. The monoisotopic (exact) mass is 397 g/mol. The van der Waals surface area contributed by atoms with E-state index >= 15 is 0 Å². The SMILES string of the molecule is COP(=O)(O)OCC(C)(C)[C@@H](O)C(=O)NCCC(=O)NCC/C(C)=N/O. The predicted octanol–water partition coefficient (Wildman–Crippen LogP) is -0.000400. The van der Waals surface area contributed by atoms with Crippen molar-refractivity contribution in [2.45, 2.75) is 39.7 Å². The molecule has 0 aromatic carbocycles. The maximum Gasteiger partial charge on any atom is 0.471 e. The number of aliphatic hydroxyl groups excluding tert-OH is 1. The van der Waals surface area contributed by atoms with Crippen LogP contribution in [0.4, 0.5) is 0 Å². The van der Waals surface area contributed by atoms with E-state index in [2.05, 4.69) is 24.8 Å². The van der Waals surface area contributed by atoms with Gasteiger partial charge in [-0.1, -0.05) is 19.0 Å². The summed E-state index contributed by atoms with van der Waals surface area (Å²) in [5.74, 6) is -1.05. The van der Waals surface area contributed by atoms with Gasteiger partial charge < -0.3 is 25.8 Å². The van der Waals surface area contributed by atoms with Gasteiger partial charge in [0.05, 0.1) is 12.3 Å². The van der Waals surface area contributed by atoms with Crippen LogP contribution in [-0.2, 0) is 23.2 Å². The number of nitrogens with one attached hydrogen (secondary N) is 2. The van der Waals surface area contributed by atoms with Crippen LogP contribution in [0.5, 0.6) is 0 Å². The largest absolute Gasteiger partial charge is 0.471 e. The van der Waals surface area contributed by atoms with Crippen LogP contribution in [0.25, 0.3) is 0 Å². The molecule has 26 heavy (non-hydrogen) atoms. The molecule has 0 aromatic rings. The van der Waals surface area contributed by atoms with Crippen molar-refractivity contribution in [2.24, 2.45) is 10.6 Å². The zero-order valence-electron chi connectivity index (χ0n) is 15.4. The maximum absolute atomic E-state index is 12.0. The summed E-state index contributed by atoms with van der Waals surface area (Å²) >= 11 is 0. The van der Waals surface area contributed by atoms with E-state index in [0.29, 0.717) is 18.7 Å². The van der Waals surface area contributed by atoms with Crippen molar-refractivity contribution in [3.8, 4) is 0 Å². The molecule has 0 aromatic heterocycles. The molecule has 2 amide bonds. The molecule has 2 atom stereocenters. The lowest BCUT2D eigenvalue weighted by Crippen LogP contribution is -2.46. The molecule has 0 radical (unpaired) electrons. The first kappa shape index (κ1) is 24.5. The third-order valence-corrected chi connectivity index (χ3v) is 4.37. The molecule has 0 rings (SSSR count). The number of amides is 2. The Morgan fingerprint density at radius 3 is 2.35 bits per heavy atom. The molecule has 11 nitrogen and oxygen atoms in total. The second kappa shape index (κ2) is 11.2. The fourth-order valence-corrected chi connectivity index (χ4v) is 2.25. The van der Waals surface area contributed by atoms with Gasteiger partial charge in [0.2, 0.25) is 11.8 Å². The van der Waals surface area contributed by atoms with Gasteiger partial charge in [0.1, 0.15) is 6.10 Å². The molecule has 0 saturated carbocycles. The number of nitrogens with zero attached hydrogens (tertiary/aromatic N) is 1. The predicted molar refractivity (Wildman–Crippen MR) is 92.7 cm³/mol. The van der Waals surface area contributed by atoms with Gasteiger partial charge in [0.25, 0.3) is 0 Å². The van der Waals surface area contributed by atoms with Crippen molar-refractivity contribution < 1.29 is 38.4 Å². The van der Waals surface area contributed by atoms with Gasteiger partial charge in [-0.05, 0) is 6.92 Å². The number of hydrogen-bond donors (Lipinski definition) is 5. The highest BCUT2D eigenvalue weighted by molar-refractivity contribution is 7.47. The molecule has 0 aliphatic carbocycles. The zero-order valence-corrected chi connectivity index (χ0v) is 16.3. The summed E-state index contributed by atoms with van der Waals surface area (Å²) in [5, 5.41) is 26.5. The minimum atomic E-state index is -4.21. The van der Waals surface area contributed by atoms with Crippen LogP contribution in [-0.4, -0.2) is 65.6 Å². The lowest BCUT2D eigenvalue weighted by Gasteiger charge is -2.29. The van der Waals surface area contributed by atoms with Crippen molar-refractivity contribution in [3.63, 3.8) is 0 Å². The molecule has 5 N–H and O–H groups in total. The molecule has 0 aliphatic heterocycles. The average Bonchev–Trinajstić information content (AvgIpc) is 2.59. The van der Waals surface area contributed by atoms with E-state index in [1.807, 2.05) is 0 Å². The Hall–Kier alpha value is -1.52. The highest BCUT2D eigenvalue weighted by Crippen LogP contribution is 2.43. The number of phosphoric ester groups is 1. The van der Waals surface area contributed by atoms with Crippen molar-refractivity contribution in [1.82, 2.24) is 10.6 Å². The molecular weight excluding hydrogens is 369 g/mol. The fourth-order valence-electron chi connectivity index (χ4n) is 1.65. The molecule has 0 bridgehead atoms. The number of carbonyl (C=O) groups excluding carboxylic acids is 2. The normalized spacial score (nSPS) is 15.8. The average molecular weight is 397 g/mol. The first-order chi connectivity index (χ1) is 11.9. The molecular formula is C14H28N3O8P. The van der Waals surface area contributed by atoms with Crippen molar-refractivity contribution in [3.05, 3.63) is 0 Å². The highest BCUT2D eigenvalue weighted by atomic mass is 31.2. The van der Waals surface area contributed by atoms with E-state index in [9.17, 15) is 24.2 Å². The van der Waals surface area contributed by atoms with E-state index in [-0.39, 0.29) is 18.9 Å². The van der Waals surface area contributed by atoms with E-state index < -0.39 is 31.9 Å². The molecule has 0 aliphatic rings. The van der Waals surface area contributed by atoms with Gasteiger partial charge in [-0.25, -0.2) is 4.57 Å². The summed E-state index contributed by atoms with van der Waals surface area (Å²) in [6, 6.07) is 0. The van der Waals surface area contributed by atoms with E-state index in [4.69, 9.17) is 5.21 Å². The van der Waals surface area contributed by atoms with Crippen molar-refractivity contribution in [2.75, 3.05) is 26.8 Å². The van der Waals surface area contributed by atoms with Crippen LogP contribution in [0.3, 0.4) is 0 Å². The van der Waals surface area contributed by atoms with Crippen LogP contribution in [0, 0.1) is 5.41 Å².